The van der Waals surface area contributed by atoms with Crippen LogP contribution in [-0.4, -0.2) is 11.5 Å². The fourth-order valence-corrected chi connectivity index (χ4v) is 1.26. The van der Waals surface area contributed by atoms with Gasteiger partial charge in [0.2, 0.25) is 0 Å². The lowest BCUT2D eigenvalue weighted by atomic mass is 10.1. The highest BCUT2D eigenvalue weighted by molar-refractivity contribution is 5.52. The van der Waals surface area contributed by atoms with Crippen LogP contribution in [0.25, 0.3) is 0 Å². The number of hydrogen-bond donors (Lipinski definition) is 0. The smallest absolute Gasteiger partial charge is 0.290 e. The number of nitro benzene ring substituents is 1. The Kier molecular flexibility index (Phi) is 4.46. The van der Waals surface area contributed by atoms with Gasteiger partial charge < -0.3 is 4.74 Å². The number of nitrogens with zero attached hydrogens (tertiary/aromatic N) is 2. The zero-order chi connectivity index (χ0) is 12.8. The van der Waals surface area contributed by atoms with E-state index in [2.05, 4.69) is 13.8 Å². The van der Waals surface area contributed by atoms with Crippen molar-refractivity contribution in [2.24, 2.45) is 5.92 Å². The Labute approximate surface area is 99.8 Å². The van der Waals surface area contributed by atoms with Crippen molar-refractivity contribution in [3.8, 4) is 11.8 Å². The van der Waals surface area contributed by atoms with Crippen LogP contribution in [-0.2, 0) is 0 Å². The first-order valence-electron chi connectivity index (χ1n) is 5.36. The molecule has 0 atom stereocenters. The molecule has 1 aromatic carbocycles. The zero-order valence-electron chi connectivity index (χ0n) is 9.84. The van der Waals surface area contributed by atoms with Gasteiger partial charge in [-0.15, -0.1) is 0 Å². The van der Waals surface area contributed by atoms with E-state index in [-0.39, 0.29) is 11.3 Å². The molecule has 1 aromatic rings. The lowest BCUT2D eigenvalue weighted by molar-refractivity contribution is -0.385. The second-order valence-corrected chi connectivity index (χ2v) is 4.08. The summed E-state index contributed by atoms with van der Waals surface area (Å²) in [6.45, 7) is 4.66. The van der Waals surface area contributed by atoms with Crippen molar-refractivity contribution < 1.29 is 9.66 Å². The minimum atomic E-state index is -0.576. The minimum absolute atomic E-state index is 0.0474. The van der Waals surface area contributed by atoms with Gasteiger partial charge >= 0.3 is 0 Å². The highest BCUT2D eigenvalue weighted by atomic mass is 16.6. The molecule has 0 heterocycles. The lowest BCUT2D eigenvalue weighted by Crippen LogP contribution is -2.02. The van der Waals surface area contributed by atoms with Gasteiger partial charge in [0.05, 0.1) is 17.6 Å². The first-order chi connectivity index (χ1) is 8.04. The van der Waals surface area contributed by atoms with E-state index in [1.807, 2.05) is 0 Å². The Hall–Kier alpha value is -2.09. The number of benzene rings is 1. The molecule has 5 heteroatoms. The van der Waals surface area contributed by atoms with Crippen molar-refractivity contribution in [1.29, 1.82) is 5.26 Å². The van der Waals surface area contributed by atoms with Crippen LogP contribution in [0.3, 0.4) is 0 Å². The molecule has 0 saturated heterocycles. The summed E-state index contributed by atoms with van der Waals surface area (Å²) in [5.74, 6) is 0.944. The van der Waals surface area contributed by atoms with Gasteiger partial charge in [0.15, 0.2) is 0 Å². The van der Waals surface area contributed by atoms with Gasteiger partial charge in [-0.1, -0.05) is 13.8 Å². The second-order valence-electron chi connectivity index (χ2n) is 4.08. The molecule has 90 valence electrons. The SMILES string of the molecule is CC(C)CCOc1ccc(C#N)c([N+](=O)[O-])c1. The predicted molar refractivity (Wildman–Crippen MR) is 62.8 cm³/mol. The van der Waals surface area contributed by atoms with Gasteiger partial charge in [-0.25, -0.2) is 0 Å². The van der Waals surface area contributed by atoms with E-state index in [9.17, 15) is 10.1 Å². The third kappa shape index (κ3) is 3.76. The summed E-state index contributed by atoms with van der Waals surface area (Å²) in [7, 11) is 0. The van der Waals surface area contributed by atoms with E-state index < -0.39 is 4.92 Å². The summed E-state index contributed by atoms with van der Waals surface area (Å²) >= 11 is 0. The standard InChI is InChI=1S/C12H14N2O3/c1-9(2)5-6-17-11-4-3-10(8-13)12(7-11)14(15)16/h3-4,7,9H,5-6H2,1-2H3. The van der Waals surface area contributed by atoms with E-state index in [4.69, 9.17) is 10.00 Å². The molecule has 0 aliphatic carbocycles. The van der Waals surface area contributed by atoms with Crippen LogP contribution in [0.5, 0.6) is 5.75 Å². The molecule has 0 unspecified atom stereocenters. The van der Waals surface area contributed by atoms with Crippen LogP contribution in [0.15, 0.2) is 18.2 Å². The van der Waals surface area contributed by atoms with Crippen molar-refractivity contribution in [2.75, 3.05) is 6.61 Å². The Morgan fingerprint density at radius 1 is 1.53 bits per heavy atom. The third-order valence-electron chi connectivity index (χ3n) is 2.25. The molecular formula is C12H14N2O3. The Morgan fingerprint density at radius 2 is 2.24 bits per heavy atom. The normalized spacial score (nSPS) is 10.0. The maximum Gasteiger partial charge on any atom is 0.290 e. The number of nitro groups is 1. The summed E-state index contributed by atoms with van der Waals surface area (Å²) in [6, 6.07) is 6.05. The molecule has 0 spiro atoms. The van der Waals surface area contributed by atoms with E-state index in [1.165, 1.54) is 12.1 Å². The van der Waals surface area contributed by atoms with Crippen molar-refractivity contribution >= 4 is 5.69 Å². The van der Waals surface area contributed by atoms with Gasteiger partial charge in [0, 0.05) is 0 Å². The molecular weight excluding hydrogens is 220 g/mol. The average molecular weight is 234 g/mol. The monoisotopic (exact) mass is 234 g/mol. The molecule has 0 amide bonds. The first kappa shape index (κ1) is 13.0. The predicted octanol–water partition coefficient (Wildman–Crippen LogP) is 2.89. The van der Waals surface area contributed by atoms with E-state index >= 15 is 0 Å². The Bertz CT molecular complexity index is 450. The van der Waals surface area contributed by atoms with Gasteiger partial charge in [0.1, 0.15) is 17.4 Å². The van der Waals surface area contributed by atoms with Gasteiger partial charge in [-0.3, -0.25) is 10.1 Å². The van der Waals surface area contributed by atoms with E-state index in [0.29, 0.717) is 18.3 Å². The summed E-state index contributed by atoms with van der Waals surface area (Å²) in [4.78, 5) is 10.1. The molecule has 0 radical (unpaired) electrons. The quantitative estimate of drug-likeness (QED) is 0.579. The molecule has 0 N–H and O–H groups in total. The van der Waals surface area contributed by atoms with Crippen LogP contribution in [0.4, 0.5) is 5.69 Å². The number of hydrogen-bond acceptors (Lipinski definition) is 4. The minimum Gasteiger partial charge on any atom is -0.493 e. The number of ether oxygens (including phenoxy) is 1. The van der Waals surface area contributed by atoms with Crippen molar-refractivity contribution in [3.63, 3.8) is 0 Å². The molecule has 5 nitrogen and oxygen atoms in total. The molecule has 0 saturated carbocycles. The fourth-order valence-electron chi connectivity index (χ4n) is 1.26. The van der Waals surface area contributed by atoms with Crippen molar-refractivity contribution in [3.05, 3.63) is 33.9 Å². The van der Waals surface area contributed by atoms with Gasteiger partial charge in [0.25, 0.3) is 5.69 Å². The van der Waals surface area contributed by atoms with Gasteiger partial charge in [-0.05, 0) is 24.5 Å². The Morgan fingerprint density at radius 3 is 2.76 bits per heavy atom. The molecule has 0 fully saturated rings. The van der Waals surface area contributed by atoms with E-state index in [0.717, 1.165) is 6.42 Å². The fraction of sp³-hybridized carbons (Fsp3) is 0.417. The number of rotatable bonds is 5. The largest absolute Gasteiger partial charge is 0.493 e. The topological polar surface area (TPSA) is 76.2 Å². The van der Waals surface area contributed by atoms with Crippen LogP contribution in [0, 0.1) is 27.4 Å². The second kappa shape index (κ2) is 5.85. The maximum atomic E-state index is 10.7. The van der Waals surface area contributed by atoms with E-state index in [1.54, 1.807) is 12.1 Å². The maximum absolute atomic E-state index is 10.7. The molecule has 1 rings (SSSR count). The average Bonchev–Trinajstić information content (AvgIpc) is 2.28. The molecule has 0 aromatic heterocycles. The third-order valence-corrected chi connectivity index (χ3v) is 2.25. The highest BCUT2D eigenvalue weighted by Crippen LogP contribution is 2.24. The summed E-state index contributed by atoms with van der Waals surface area (Å²) < 4.78 is 5.39. The number of nitriles is 1. The first-order valence-corrected chi connectivity index (χ1v) is 5.36. The van der Waals surface area contributed by atoms with Crippen molar-refractivity contribution in [1.82, 2.24) is 0 Å². The Balaban J connectivity index is 2.79. The van der Waals surface area contributed by atoms with Crippen molar-refractivity contribution in [2.45, 2.75) is 20.3 Å². The molecule has 0 bridgehead atoms. The molecule has 0 aliphatic heterocycles. The molecule has 17 heavy (non-hydrogen) atoms. The van der Waals surface area contributed by atoms with Crippen LogP contribution < -0.4 is 4.74 Å². The zero-order valence-corrected chi connectivity index (χ0v) is 9.84. The molecule has 0 aliphatic rings. The summed E-state index contributed by atoms with van der Waals surface area (Å²) in [5, 5.41) is 19.4. The van der Waals surface area contributed by atoms with Crippen LogP contribution in [0.2, 0.25) is 0 Å². The van der Waals surface area contributed by atoms with Crippen LogP contribution in [0.1, 0.15) is 25.8 Å². The van der Waals surface area contributed by atoms with Crippen LogP contribution >= 0.6 is 0 Å². The summed E-state index contributed by atoms with van der Waals surface area (Å²) in [5.41, 5.74) is -0.166. The highest BCUT2D eigenvalue weighted by Gasteiger charge is 2.14. The van der Waals surface area contributed by atoms with Gasteiger partial charge in [-0.2, -0.15) is 5.26 Å². The summed E-state index contributed by atoms with van der Waals surface area (Å²) in [6.07, 6.45) is 0.883. The lowest BCUT2D eigenvalue weighted by Gasteiger charge is -2.07.